The van der Waals surface area contributed by atoms with Gasteiger partial charge in [0.25, 0.3) is 0 Å². The van der Waals surface area contributed by atoms with Gasteiger partial charge in [0.2, 0.25) is 0 Å². The van der Waals surface area contributed by atoms with Crippen LogP contribution in [-0.4, -0.2) is 53.5 Å². The first kappa shape index (κ1) is 19.8. The molecule has 2 aromatic heterocycles. The maximum atomic E-state index is 12.7. The number of anilines is 3. The number of hydrogen-bond acceptors (Lipinski definition) is 6. The zero-order valence-corrected chi connectivity index (χ0v) is 17.9. The van der Waals surface area contributed by atoms with Gasteiger partial charge in [-0.3, -0.25) is 4.79 Å². The number of H-pyrrole nitrogens is 1. The fourth-order valence-electron chi connectivity index (χ4n) is 4.92. The molecular formula is C24H30N6O. The number of rotatable bonds is 7. The Morgan fingerprint density at radius 1 is 1.10 bits per heavy atom. The molecule has 1 atom stereocenters. The zero-order valence-electron chi connectivity index (χ0n) is 17.9. The molecule has 2 fully saturated rings. The van der Waals surface area contributed by atoms with Gasteiger partial charge in [0.15, 0.2) is 5.78 Å². The van der Waals surface area contributed by atoms with Crippen LogP contribution >= 0.6 is 0 Å². The van der Waals surface area contributed by atoms with Crippen LogP contribution in [0.3, 0.4) is 0 Å². The van der Waals surface area contributed by atoms with Crippen molar-refractivity contribution in [3.63, 3.8) is 0 Å². The van der Waals surface area contributed by atoms with Gasteiger partial charge in [-0.2, -0.15) is 0 Å². The number of nitrogens with zero attached hydrogens (tertiary/aromatic N) is 4. The minimum atomic E-state index is 0.271. The second-order valence-electron chi connectivity index (χ2n) is 8.73. The molecule has 3 aromatic rings. The molecule has 4 heterocycles. The van der Waals surface area contributed by atoms with Crippen molar-refractivity contribution in [2.45, 2.75) is 32.1 Å². The molecule has 2 aliphatic rings. The van der Waals surface area contributed by atoms with Crippen molar-refractivity contribution >= 4 is 34.0 Å². The van der Waals surface area contributed by atoms with E-state index in [0.29, 0.717) is 18.9 Å². The number of benzene rings is 1. The third-order valence-electron chi connectivity index (χ3n) is 6.47. The fraction of sp³-hybridized carbons (Fsp3) is 0.458. The summed E-state index contributed by atoms with van der Waals surface area (Å²) in [7, 11) is 0. The number of fused-ring (bicyclic) bond motifs is 1. The minimum absolute atomic E-state index is 0.271. The molecule has 0 bridgehead atoms. The van der Waals surface area contributed by atoms with E-state index in [-0.39, 0.29) is 5.78 Å². The minimum Gasteiger partial charge on any atom is -0.378 e. The van der Waals surface area contributed by atoms with Crippen LogP contribution in [0.25, 0.3) is 11.0 Å². The van der Waals surface area contributed by atoms with Crippen molar-refractivity contribution in [1.82, 2.24) is 15.0 Å². The number of ketones is 1. The standard InChI is InChI=1S/C24H30N6O/c31-21(15-26-19-6-3-7-20(14-19)29-10-1-2-11-29)13-18-5-4-12-30(16-18)24-22-8-9-25-23(22)27-17-28-24/h3,6-9,14,17-18,26H,1-2,4-5,10-13,15-16H2,(H,25,27,28)/t18-/m0/s1. The van der Waals surface area contributed by atoms with Crippen LogP contribution in [-0.2, 0) is 4.79 Å². The van der Waals surface area contributed by atoms with E-state index in [1.807, 2.05) is 18.3 Å². The molecular weight excluding hydrogens is 388 g/mol. The van der Waals surface area contributed by atoms with Gasteiger partial charge in [-0.1, -0.05) is 6.07 Å². The summed E-state index contributed by atoms with van der Waals surface area (Å²) in [6.45, 7) is 4.48. The van der Waals surface area contributed by atoms with E-state index in [0.717, 1.165) is 61.6 Å². The molecule has 7 nitrogen and oxygen atoms in total. The Hall–Kier alpha value is -3.09. The van der Waals surface area contributed by atoms with Gasteiger partial charge in [0, 0.05) is 50.2 Å². The van der Waals surface area contributed by atoms with Gasteiger partial charge in [0.05, 0.1) is 11.9 Å². The molecule has 0 radical (unpaired) electrons. The van der Waals surface area contributed by atoms with Crippen LogP contribution in [0.4, 0.5) is 17.2 Å². The summed E-state index contributed by atoms with van der Waals surface area (Å²) in [6, 6.07) is 10.5. The first-order valence-electron chi connectivity index (χ1n) is 11.4. The Morgan fingerprint density at radius 3 is 2.87 bits per heavy atom. The van der Waals surface area contributed by atoms with Crippen molar-refractivity contribution in [3.8, 4) is 0 Å². The number of aromatic amines is 1. The lowest BCUT2D eigenvalue weighted by Gasteiger charge is -2.33. The summed E-state index contributed by atoms with van der Waals surface area (Å²) in [5.74, 6) is 1.61. The van der Waals surface area contributed by atoms with Gasteiger partial charge in [-0.25, -0.2) is 9.97 Å². The summed E-state index contributed by atoms with van der Waals surface area (Å²) in [5, 5.41) is 4.40. The highest BCUT2D eigenvalue weighted by Gasteiger charge is 2.24. The summed E-state index contributed by atoms with van der Waals surface area (Å²) in [6.07, 6.45) is 8.82. The predicted octanol–water partition coefficient (Wildman–Crippen LogP) is 3.85. The van der Waals surface area contributed by atoms with E-state index in [2.05, 4.69) is 48.3 Å². The third-order valence-corrected chi connectivity index (χ3v) is 6.47. The molecule has 2 N–H and O–H groups in total. The van der Waals surface area contributed by atoms with Crippen LogP contribution in [0, 0.1) is 5.92 Å². The Kier molecular flexibility index (Phi) is 5.74. The highest BCUT2D eigenvalue weighted by molar-refractivity contribution is 5.87. The molecule has 7 heteroatoms. The second kappa shape index (κ2) is 8.96. The van der Waals surface area contributed by atoms with Crippen molar-refractivity contribution < 1.29 is 4.79 Å². The zero-order chi connectivity index (χ0) is 21.0. The average molecular weight is 419 g/mol. The van der Waals surface area contributed by atoms with Gasteiger partial charge >= 0.3 is 0 Å². The van der Waals surface area contributed by atoms with E-state index in [1.54, 1.807) is 6.33 Å². The number of carbonyl (C=O) groups excluding carboxylic acids is 1. The SMILES string of the molecule is O=C(CNc1cccc(N2CCCC2)c1)C[C@@H]1CCCN(c2ncnc3[nH]ccc23)C1. The smallest absolute Gasteiger partial charge is 0.152 e. The van der Waals surface area contributed by atoms with Crippen molar-refractivity contribution in [3.05, 3.63) is 42.9 Å². The lowest BCUT2D eigenvalue weighted by atomic mass is 9.92. The number of piperidine rings is 1. The quantitative estimate of drug-likeness (QED) is 0.607. The van der Waals surface area contributed by atoms with Crippen molar-refractivity contribution in [2.24, 2.45) is 5.92 Å². The van der Waals surface area contributed by atoms with Crippen LogP contribution in [0.1, 0.15) is 32.1 Å². The molecule has 0 spiro atoms. The molecule has 1 aromatic carbocycles. The van der Waals surface area contributed by atoms with E-state index in [1.165, 1.54) is 18.5 Å². The molecule has 0 amide bonds. The van der Waals surface area contributed by atoms with Crippen molar-refractivity contribution in [2.75, 3.05) is 47.8 Å². The maximum absolute atomic E-state index is 12.7. The van der Waals surface area contributed by atoms with Crippen LogP contribution in [0.2, 0.25) is 0 Å². The van der Waals surface area contributed by atoms with E-state index < -0.39 is 0 Å². The molecule has 162 valence electrons. The first-order chi connectivity index (χ1) is 15.3. The maximum Gasteiger partial charge on any atom is 0.152 e. The largest absolute Gasteiger partial charge is 0.378 e. The van der Waals surface area contributed by atoms with Crippen molar-refractivity contribution in [1.29, 1.82) is 0 Å². The van der Waals surface area contributed by atoms with Crippen LogP contribution < -0.4 is 15.1 Å². The predicted molar refractivity (Wildman–Crippen MR) is 125 cm³/mol. The van der Waals surface area contributed by atoms with E-state index in [4.69, 9.17) is 0 Å². The number of hydrogen-bond donors (Lipinski definition) is 2. The summed E-state index contributed by atoms with van der Waals surface area (Å²) >= 11 is 0. The van der Waals surface area contributed by atoms with Gasteiger partial charge in [0.1, 0.15) is 17.8 Å². The van der Waals surface area contributed by atoms with Crippen LogP contribution in [0.15, 0.2) is 42.9 Å². The van der Waals surface area contributed by atoms with Crippen LogP contribution in [0.5, 0.6) is 0 Å². The summed E-state index contributed by atoms with van der Waals surface area (Å²) in [5.41, 5.74) is 3.14. The summed E-state index contributed by atoms with van der Waals surface area (Å²) in [4.78, 5) is 29.4. The molecule has 0 aliphatic carbocycles. The van der Waals surface area contributed by atoms with E-state index >= 15 is 0 Å². The average Bonchev–Trinajstić information content (AvgIpc) is 3.50. The normalized spacial score (nSPS) is 19.2. The van der Waals surface area contributed by atoms with Gasteiger partial charge in [-0.15, -0.1) is 0 Å². The Morgan fingerprint density at radius 2 is 1.97 bits per heavy atom. The molecule has 5 rings (SSSR count). The lowest BCUT2D eigenvalue weighted by Crippen LogP contribution is -2.37. The number of carbonyl (C=O) groups is 1. The monoisotopic (exact) mass is 418 g/mol. The Labute approximate surface area is 182 Å². The Bertz CT molecular complexity index is 1040. The molecule has 31 heavy (non-hydrogen) atoms. The third kappa shape index (κ3) is 4.50. The Balaban J connectivity index is 1.16. The number of aromatic nitrogens is 3. The topological polar surface area (TPSA) is 77.2 Å². The van der Waals surface area contributed by atoms with Gasteiger partial charge < -0.3 is 20.1 Å². The lowest BCUT2D eigenvalue weighted by molar-refractivity contribution is -0.118. The van der Waals surface area contributed by atoms with Gasteiger partial charge in [-0.05, 0) is 55.9 Å². The molecule has 2 aliphatic heterocycles. The number of nitrogens with one attached hydrogen (secondary N) is 2. The highest BCUT2D eigenvalue weighted by atomic mass is 16.1. The number of Topliss-reactive ketones (excluding diaryl/α,β-unsaturated/α-hetero) is 1. The molecule has 2 saturated heterocycles. The first-order valence-corrected chi connectivity index (χ1v) is 11.4. The second-order valence-corrected chi connectivity index (χ2v) is 8.73. The summed E-state index contributed by atoms with van der Waals surface area (Å²) < 4.78 is 0. The molecule has 0 unspecified atom stereocenters. The van der Waals surface area contributed by atoms with E-state index in [9.17, 15) is 4.79 Å². The molecule has 0 saturated carbocycles. The fourth-order valence-corrected chi connectivity index (χ4v) is 4.92. The highest BCUT2D eigenvalue weighted by Crippen LogP contribution is 2.28.